The van der Waals surface area contributed by atoms with Crippen LogP contribution in [0.15, 0.2) is 0 Å². The molecule has 0 radical (unpaired) electrons. The van der Waals surface area contributed by atoms with E-state index in [0.717, 1.165) is 68.0 Å². The molecule has 0 aliphatic carbocycles. The van der Waals surface area contributed by atoms with Gasteiger partial charge in [-0.3, -0.25) is 14.5 Å². The predicted molar refractivity (Wildman–Crippen MR) is 120 cm³/mol. The molecule has 0 saturated carbocycles. The smallest absolute Gasteiger partial charge is 0.327 e. The molecule has 1 unspecified atom stereocenters. The molecule has 0 rings (SSSR count). The van der Waals surface area contributed by atoms with E-state index < -0.39 is 36.5 Å². The van der Waals surface area contributed by atoms with E-state index in [4.69, 9.17) is 5.11 Å². The minimum atomic E-state index is -1.26. The summed E-state index contributed by atoms with van der Waals surface area (Å²) < 4.78 is 0. The van der Waals surface area contributed by atoms with Gasteiger partial charge in [0.15, 0.2) is 0 Å². The molecule has 0 aromatic rings. The summed E-state index contributed by atoms with van der Waals surface area (Å²) in [6.07, 6.45) is 8.83. The zero-order chi connectivity index (χ0) is 22.8. The summed E-state index contributed by atoms with van der Waals surface area (Å²) in [6, 6.07) is -1.26. The van der Waals surface area contributed by atoms with E-state index in [2.05, 4.69) is 13.8 Å². The molecular formula is C22H41NO6S. The van der Waals surface area contributed by atoms with Crippen molar-refractivity contribution < 1.29 is 29.7 Å². The fourth-order valence-corrected chi connectivity index (χ4v) is 4.14. The Hall–Kier alpha value is -1.12. The van der Waals surface area contributed by atoms with Crippen LogP contribution in [0.1, 0.15) is 90.9 Å². The van der Waals surface area contributed by atoms with Gasteiger partial charge in [-0.1, -0.05) is 65.2 Å². The maximum absolute atomic E-state index is 12.8. The van der Waals surface area contributed by atoms with Crippen molar-refractivity contribution in [1.82, 2.24) is 4.90 Å². The lowest BCUT2D eigenvalue weighted by molar-refractivity contribution is -0.157. The molecule has 0 aliphatic rings. The highest BCUT2D eigenvalue weighted by atomic mass is 32.2. The van der Waals surface area contributed by atoms with Gasteiger partial charge < -0.3 is 15.3 Å². The molecule has 0 bridgehead atoms. The molecular weight excluding hydrogens is 406 g/mol. The van der Waals surface area contributed by atoms with E-state index >= 15 is 0 Å². The SMILES string of the molecule is CCCCCCCC(=O)N(C(=O)CCCCCCC)[C@@H](CSCC(O)CO)C(=O)O. The van der Waals surface area contributed by atoms with Gasteiger partial charge in [-0.25, -0.2) is 4.79 Å². The Morgan fingerprint density at radius 3 is 1.67 bits per heavy atom. The van der Waals surface area contributed by atoms with Gasteiger partial charge in [0.05, 0.1) is 12.7 Å². The van der Waals surface area contributed by atoms with Gasteiger partial charge in [-0.05, 0) is 12.8 Å². The minimum absolute atomic E-state index is 0.00442. The number of nitrogens with zero attached hydrogens (tertiary/aromatic N) is 1. The van der Waals surface area contributed by atoms with E-state index in [0.29, 0.717) is 12.8 Å². The maximum Gasteiger partial charge on any atom is 0.327 e. The summed E-state index contributed by atoms with van der Waals surface area (Å²) in [5.74, 6) is -1.94. The summed E-state index contributed by atoms with van der Waals surface area (Å²) in [5, 5.41) is 28.1. The van der Waals surface area contributed by atoms with Crippen molar-refractivity contribution in [3.8, 4) is 0 Å². The van der Waals surface area contributed by atoms with Crippen LogP contribution in [0.3, 0.4) is 0 Å². The van der Waals surface area contributed by atoms with Gasteiger partial charge in [0, 0.05) is 24.3 Å². The Balaban J connectivity index is 5.02. The molecule has 0 heterocycles. The molecule has 2 atom stereocenters. The van der Waals surface area contributed by atoms with Gasteiger partial charge in [0.2, 0.25) is 11.8 Å². The molecule has 176 valence electrons. The first kappa shape index (κ1) is 28.9. The highest BCUT2D eigenvalue weighted by Crippen LogP contribution is 2.17. The van der Waals surface area contributed by atoms with Gasteiger partial charge in [-0.15, -0.1) is 0 Å². The summed E-state index contributed by atoms with van der Waals surface area (Å²) in [4.78, 5) is 38.4. The van der Waals surface area contributed by atoms with Crippen LogP contribution in [-0.4, -0.2) is 68.3 Å². The Morgan fingerprint density at radius 1 is 0.800 bits per heavy atom. The number of hydrogen-bond donors (Lipinski definition) is 3. The summed E-state index contributed by atoms with van der Waals surface area (Å²) >= 11 is 1.12. The first-order valence-electron chi connectivity index (χ1n) is 11.3. The van der Waals surface area contributed by atoms with Crippen molar-refractivity contribution in [2.24, 2.45) is 0 Å². The molecule has 30 heavy (non-hydrogen) atoms. The molecule has 7 nitrogen and oxygen atoms in total. The van der Waals surface area contributed by atoms with Gasteiger partial charge in [0.1, 0.15) is 6.04 Å². The van der Waals surface area contributed by atoms with Crippen molar-refractivity contribution in [2.75, 3.05) is 18.1 Å². The number of rotatable bonds is 19. The number of carbonyl (C=O) groups is 3. The monoisotopic (exact) mass is 447 g/mol. The Labute approximate surface area is 185 Å². The summed E-state index contributed by atoms with van der Waals surface area (Å²) in [6.45, 7) is 3.80. The highest BCUT2D eigenvalue weighted by Gasteiger charge is 2.34. The predicted octanol–water partition coefficient (Wildman–Crippen LogP) is 3.60. The molecule has 0 fully saturated rings. The maximum atomic E-state index is 12.8. The number of hydrogen-bond acceptors (Lipinski definition) is 6. The van der Waals surface area contributed by atoms with E-state index in [9.17, 15) is 24.6 Å². The first-order chi connectivity index (χ1) is 14.4. The average molecular weight is 448 g/mol. The third kappa shape index (κ3) is 13.2. The highest BCUT2D eigenvalue weighted by molar-refractivity contribution is 7.99. The van der Waals surface area contributed by atoms with Crippen LogP contribution >= 0.6 is 11.8 Å². The van der Waals surface area contributed by atoms with E-state index in [-0.39, 0.29) is 24.3 Å². The van der Waals surface area contributed by atoms with E-state index in [1.54, 1.807) is 0 Å². The van der Waals surface area contributed by atoms with Crippen LogP contribution < -0.4 is 0 Å². The normalized spacial score (nSPS) is 13.1. The third-order valence-corrected chi connectivity index (χ3v) is 6.09. The summed E-state index contributed by atoms with van der Waals surface area (Å²) in [5.41, 5.74) is 0. The number of amides is 2. The van der Waals surface area contributed by atoms with Gasteiger partial charge in [0.25, 0.3) is 0 Å². The Bertz CT molecular complexity index is 462. The van der Waals surface area contributed by atoms with Crippen LogP contribution in [0.5, 0.6) is 0 Å². The molecule has 0 aromatic heterocycles. The van der Waals surface area contributed by atoms with Crippen molar-refractivity contribution in [3.05, 3.63) is 0 Å². The van der Waals surface area contributed by atoms with Crippen molar-refractivity contribution in [3.63, 3.8) is 0 Å². The third-order valence-electron chi connectivity index (χ3n) is 4.92. The van der Waals surface area contributed by atoms with E-state index in [1.165, 1.54) is 0 Å². The number of unbranched alkanes of at least 4 members (excludes halogenated alkanes) is 8. The van der Waals surface area contributed by atoms with Gasteiger partial charge >= 0.3 is 5.97 Å². The lowest BCUT2D eigenvalue weighted by atomic mass is 10.1. The lowest BCUT2D eigenvalue weighted by Crippen LogP contribution is -2.50. The van der Waals surface area contributed by atoms with Gasteiger partial charge in [-0.2, -0.15) is 11.8 Å². The van der Waals surface area contributed by atoms with Crippen molar-refractivity contribution in [2.45, 2.75) is 103 Å². The van der Waals surface area contributed by atoms with Crippen molar-refractivity contribution >= 4 is 29.5 Å². The number of carbonyl (C=O) groups excluding carboxylic acids is 2. The van der Waals surface area contributed by atoms with E-state index in [1.807, 2.05) is 0 Å². The van der Waals surface area contributed by atoms with Crippen LogP contribution in [0.2, 0.25) is 0 Å². The van der Waals surface area contributed by atoms with Crippen LogP contribution in [-0.2, 0) is 14.4 Å². The lowest BCUT2D eigenvalue weighted by Gasteiger charge is -2.27. The Kier molecular flexibility index (Phi) is 17.9. The quantitative estimate of drug-likeness (QED) is 0.259. The minimum Gasteiger partial charge on any atom is -0.480 e. The number of aliphatic hydroxyl groups is 2. The number of imide groups is 1. The molecule has 0 saturated heterocycles. The fourth-order valence-electron chi connectivity index (χ4n) is 3.11. The molecule has 2 amide bonds. The largest absolute Gasteiger partial charge is 0.480 e. The number of aliphatic hydroxyl groups excluding tert-OH is 2. The zero-order valence-corrected chi connectivity index (χ0v) is 19.5. The zero-order valence-electron chi connectivity index (χ0n) is 18.7. The molecule has 0 aromatic carbocycles. The molecule has 8 heteroatoms. The number of thioether (sulfide) groups is 1. The summed E-state index contributed by atoms with van der Waals surface area (Å²) in [7, 11) is 0. The van der Waals surface area contributed by atoms with Crippen LogP contribution in [0, 0.1) is 0 Å². The second-order valence-electron chi connectivity index (χ2n) is 7.71. The number of carboxylic acid groups (broad SMARTS) is 1. The van der Waals surface area contributed by atoms with Crippen LogP contribution in [0.25, 0.3) is 0 Å². The van der Waals surface area contributed by atoms with Crippen LogP contribution in [0.4, 0.5) is 0 Å². The van der Waals surface area contributed by atoms with Crippen molar-refractivity contribution in [1.29, 1.82) is 0 Å². The first-order valence-corrected chi connectivity index (χ1v) is 12.5. The molecule has 0 aliphatic heterocycles. The fraction of sp³-hybridized carbons (Fsp3) is 0.864. The second-order valence-corrected chi connectivity index (χ2v) is 8.79. The average Bonchev–Trinajstić information content (AvgIpc) is 2.72. The molecule has 3 N–H and O–H groups in total. The standard InChI is InChI=1S/C22H41NO6S/c1-3-5-7-9-11-13-20(26)23(21(27)14-12-10-8-6-4-2)19(22(28)29)17-30-16-18(25)15-24/h18-19,24-25H,3-17H2,1-2H3,(H,28,29)/t18?,19-/m0/s1. The topological polar surface area (TPSA) is 115 Å². The molecule has 0 spiro atoms. The second kappa shape index (κ2) is 18.6. The number of carboxylic acids is 1. The Morgan fingerprint density at radius 2 is 1.27 bits per heavy atom. The number of aliphatic carboxylic acids is 1.